The summed E-state index contributed by atoms with van der Waals surface area (Å²) in [6.45, 7) is 9.37. The van der Waals surface area contributed by atoms with Gasteiger partial charge in [-0.2, -0.15) is 13.2 Å². The first-order chi connectivity index (χ1) is 15.2. The first-order valence-electron chi connectivity index (χ1n) is 10.3. The molecular weight excluding hydrogens is 484 g/mol. The monoisotopic (exact) mass is 510 g/mol. The van der Waals surface area contributed by atoms with Crippen LogP contribution in [0.4, 0.5) is 18.0 Å². The molecular formula is C22H27Cl2F3N2O4. The van der Waals surface area contributed by atoms with Crippen LogP contribution in [0.5, 0.6) is 5.75 Å². The zero-order chi connectivity index (χ0) is 25.0. The van der Waals surface area contributed by atoms with Crippen molar-refractivity contribution in [1.82, 2.24) is 10.2 Å². The fraction of sp³-hybridized carbons (Fsp3) is 0.545. The summed E-state index contributed by atoms with van der Waals surface area (Å²) in [6, 6.07) is 1.71. The average molecular weight is 511 g/mol. The molecule has 1 unspecified atom stereocenters. The van der Waals surface area contributed by atoms with Crippen LogP contribution in [0.15, 0.2) is 24.8 Å². The van der Waals surface area contributed by atoms with Crippen LogP contribution in [0.1, 0.15) is 45.2 Å². The summed E-state index contributed by atoms with van der Waals surface area (Å²) in [5.74, 6) is -2.33. The van der Waals surface area contributed by atoms with Gasteiger partial charge in [-0.05, 0) is 45.6 Å². The summed E-state index contributed by atoms with van der Waals surface area (Å²) in [4.78, 5) is 25.7. The van der Waals surface area contributed by atoms with Crippen molar-refractivity contribution in [1.29, 1.82) is 0 Å². The Morgan fingerprint density at radius 2 is 1.79 bits per heavy atom. The largest absolute Gasteiger partial charge is 0.489 e. The third-order valence-corrected chi connectivity index (χ3v) is 5.67. The van der Waals surface area contributed by atoms with Crippen molar-refractivity contribution in [2.45, 2.75) is 51.4 Å². The summed E-state index contributed by atoms with van der Waals surface area (Å²) in [5.41, 5.74) is -0.409. The molecule has 1 aromatic carbocycles. The summed E-state index contributed by atoms with van der Waals surface area (Å²) in [7, 11) is 0. The maximum atomic E-state index is 13.1. The number of alkyl halides is 3. The molecule has 11 heteroatoms. The van der Waals surface area contributed by atoms with E-state index in [1.165, 1.54) is 23.1 Å². The summed E-state index contributed by atoms with van der Waals surface area (Å²) >= 11 is 12.2. The lowest BCUT2D eigenvalue weighted by atomic mass is 9.85. The minimum Gasteiger partial charge on any atom is -0.489 e. The van der Waals surface area contributed by atoms with Gasteiger partial charge in [-0.3, -0.25) is 4.79 Å². The lowest BCUT2D eigenvalue weighted by Gasteiger charge is -2.37. The first kappa shape index (κ1) is 27.1. The lowest BCUT2D eigenvalue weighted by Crippen LogP contribution is -2.46. The minimum atomic E-state index is -5.08. The Hall–Kier alpha value is -2.13. The van der Waals surface area contributed by atoms with Crippen LogP contribution in [0.25, 0.3) is 0 Å². The fourth-order valence-corrected chi connectivity index (χ4v) is 3.80. The molecule has 1 aliphatic heterocycles. The molecule has 2 amide bonds. The minimum absolute atomic E-state index is 0.0714. The Balaban J connectivity index is 2.33. The number of piperidine rings is 1. The smallest absolute Gasteiger partial charge is 0.471 e. The van der Waals surface area contributed by atoms with Crippen molar-refractivity contribution in [3.8, 4) is 5.75 Å². The van der Waals surface area contributed by atoms with Crippen LogP contribution >= 0.6 is 23.2 Å². The van der Waals surface area contributed by atoms with Gasteiger partial charge in [0.05, 0.1) is 16.1 Å². The number of likely N-dealkylation sites (tertiary alicyclic amines) is 1. The highest BCUT2D eigenvalue weighted by Crippen LogP contribution is 2.40. The Morgan fingerprint density at radius 3 is 2.30 bits per heavy atom. The molecule has 0 bridgehead atoms. The number of hydrogen-bond acceptors (Lipinski definition) is 4. The molecule has 33 heavy (non-hydrogen) atoms. The molecule has 1 aromatic rings. The molecule has 1 saturated heterocycles. The number of ether oxygens (including phenoxy) is 2. The highest BCUT2D eigenvalue weighted by Gasteiger charge is 2.42. The quantitative estimate of drug-likeness (QED) is 0.482. The molecule has 1 N–H and O–H groups in total. The molecule has 2 rings (SSSR count). The predicted octanol–water partition coefficient (Wildman–Crippen LogP) is 5.92. The number of benzene rings is 1. The topological polar surface area (TPSA) is 67.9 Å². The number of nitrogens with zero attached hydrogens (tertiary/aromatic N) is 1. The van der Waals surface area contributed by atoms with E-state index in [0.29, 0.717) is 12.8 Å². The van der Waals surface area contributed by atoms with Gasteiger partial charge in [0.25, 0.3) is 0 Å². The molecule has 1 aliphatic rings. The van der Waals surface area contributed by atoms with Crippen LogP contribution in [0, 0.1) is 5.92 Å². The fourth-order valence-electron chi connectivity index (χ4n) is 3.48. The zero-order valence-corrected chi connectivity index (χ0v) is 20.1. The van der Waals surface area contributed by atoms with Gasteiger partial charge in [0.1, 0.15) is 18.0 Å². The SMILES string of the molecule is C=CCOc1cc(Cl)c(Cl)cc1C(NC(=O)C(F)(F)F)C1CCN(C(=O)OC(C)(C)C)CC1. The van der Waals surface area contributed by atoms with Crippen molar-refractivity contribution in [2.24, 2.45) is 5.92 Å². The number of hydrogen-bond donors (Lipinski definition) is 1. The Labute approximate surface area is 201 Å². The molecule has 0 aromatic heterocycles. The summed E-state index contributed by atoms with van der Waals surface area (Å²) in [5, 5.41) is 2.34. The van der Waals surface area contributed by atoms with Gasteiger partial charge in [0.2, 0.25) is 0 Å². The summed E-state index contributed by atoms with van der Waals surface area (Å²) < 4.78 is 50.2. The average Bonchev–Trinajstić information content (AvgIpc) is 2.70. The first-order valence-corrected chi connectivity index (χ1v) is 11.1. The van der Waals surface area contributed by atoms with Gasteiger partial charge in [-0.1, -0.05) is 35.9 Å². The second-order valence-electron chi connectivity index (χ2n) is 8.66. The molecule has 6 nitrogen and oxygen atoms in total. The maximum absolute atomic E-state index is 13.1. The summed E-state index contributed by atoms with van der Waals surface area (Å²) in [6.07, 6.45) is -3.46. The Bertz CT molecular complexity index is 880. The van der Waals surface area contributed by atoms with Crippen molar-refractivity contribution in [3.63, 3.8) is 0 Å². The van der Waals surface area contributed by atoms with Gasteiger partial charge in [0, 0.05) is 24.7 Å². The van der Waals surface area contributed by atoms with Crippen LogP contribution in [-0.4, -0.2) is 48.4 Å². The molecule has 1 atom stereocenters. The van der Waals surface area contributed by atoms with Crippen molar-refractivity contribution < 1.29 is 32.2 Å². The van der Waals surface area contributed by atoms with Crippen molar-refractivity contribution >= 4 is 35.2 Å². The molecule has 1 heterocycles. The van der Waals surface area contributed by atoms with Crippen LogP contribution < -0.4 is 10.1 Å². The number of rotatable bonds is 6. The van der Waals surface area contributed by atoms with Crippen molar-refractivity contribution in [3.05, 3.63) is 40.4 Å². The normalized spacial score (nSPS) is 16.2. The van der Waals surface area contributed by atoms with E-state index < -0.39 is 35.7 Å². The highest BCUT2D eigenvalue weighted by molar-refractivity contribution is 6.42. The molecule has 0 aliphatic carbocycles. The second kappa shape index (κ2) is 10.9. The lowest BCUT2D eigenvalue weighted by molar-refractivity contribution is -0.175. The number of carbonyl (C=O) groups is 2. The number of halogens is 5. The molecule has 0 radical (unpaired) electrons. The number of amides is 2. The van der Waals surface area contributed by atoms with E-state index in [2.05, 4.69) is 11.9 Å². The molecule has 1 fully saturated rings. The van der Waals surface area contributed by atoms with E-state index in [4.69, 9.17) is 32.7 Å². The van der Waals surface area contributed by atoms with E-state index >= 15 is 0 Å². The number of nitrogens with one attached hydrogen (secondary N) is 1. The number of carbonyl (C=O) groups excluding carboxylic acids is 2. The van der Waals surface area contributed by atoms with Crippen molar-refractivity contribution in [2.75, 3.05) is 19.7 Å². The van der Waals surface area contributed by atoms with Gasteiger partial charge >= 0.3 is 18.2 Å². The second-order valence-corrected chi connectivity index (χ2v) is 9.47. The standard InChI is InChI=1S/C22H27Cl2F3N2O4/c1-5-10-32-17-12-16(24)15(23)11-14(17)18(28-19(30)22(25,26)27)13-6-8-29(9-7-13)20(31)33-21(2,3)4/h5,11-13,18H,1,6-10H2,2-4H3,(H,28,30). The zero-order valence-electron chi connectivity index (χ0n) is 18.6. The van der Waals surface area contributed by atoms with E-state index in [1.807, 2.05) is 0 Å². The molecule has 184 valence electrons. The maximum Gasteiger partial charge on any atom is 0.471 e. The van der Waals surface area contributed by atoms with Gasteiger partial charge in [0.15, 0.2) is 0 Å². The molecule has 0 spiro atoms. The van der Waals surface area contributed by atoms with Crippen LogP contribution in [-0.2, 0) is 9.53 Å². The predicted molar refractivity (Wildman–Crippen MR) is 120 cm³/mol. The Kier molecular flexibility index (Phi) is 8.93. The molecule has 0 saturated carbocycles. The Morgan fingerprint density at radius 1 is 1.21 bits per heavy atom. The van der Waals surface area contributed by atoms with Crippen LogP contribution in [0.2, 0.25) is 10.0 Å². The van der Waals surface area contributed by atoms with E-state index in [-0.39, 0.29) is 41.1 Å². The van der Waals surface area contributed by atoms with E-state index in [1.54, 1.807) is 20.8 Å². The highest BCUT2D eigenvalue weighted by atomic mass is 35.5. The van der Waals surface area contributed by atoms with Gasteiger partial charge < -0.3 is 19.7 Å². The van der Waals surface area contributed by atoms with E-state index in [9.17, 15) is 22.8 Å². The van der Waals surface area contributed by atoms with Gasteiger partial charge in [-0.25, -0.2) is 4.79 Å². The third-order valence-electron chi connectivity index (χ3n) is 4.95. The van der Waals surface area contributed by atoms with Crippen LogP contribution in [0.3, 0.4) is 0 Å². The third kappa shape index (κ3) is 7.71. The van der Waals surface area contributed by atoms with Gasteiger partial charge in [-0.15, -0.1) is 0 Å². The van der Waals surface area contributed by atoms with E-state index in [0.717, 1.165) is 0 Å².